The molecule has 0 amide bonds. The second-order valence-electron chi connectivity index (χ2n) is 4.83. The highest BCUT2D eigenvalue weighted by Crippen LogP contribution is 2.13. The number of ether oxygens (including phenoxy) is 1. The van der Waals surface area contributed by atoms with Gasteiger partial charge in [0.2, 0.25) is 0 Å². The average Bonchev–Trinajstić information content (AvgIpc) is 2.96. The van der Waals surface area contributed by atoms with Crippen molar-refractivity contribution in [2.24, 2.45) is 4.99 Å². The molecule has 1 heterocycles. The molecule has 0 aliphatic heterocycles. The summed E-state index contributed by atoms with van der Waals surface area (Å²) in [6, 6.07) is 9.79. The molecule has 0 saturated heterocycles. The third kappa shape index (κ3) is 4.80. The zero-order chi connectivity index (χ0) is 15.8. The molecule has 0 saturated carbocycles. The summed E-state index contributed by atoms with van der Waals surface area (Å²) < 4.78 is 10.3. The van der Waals surface area contributed by atoms with E-state index in [1.54, 1.807) is 7.11 Å². The molecule has 2 rings (SSSR count). The van der Waals surface area contributed by atoms with E-state index in [9.17, 15) is 0 Å². The summed E-state index contributed by atoms with van der Waals surface area (Å²) in [5.74, 6) is 2.38. The fourth-order valence-electron chi connectivity index (χ4n) is 1.96. The molecule has 22 heavy (non-hydrogen) atoms. The molecule has 0 atom stereocenters. The molecule has 0 radical (unpaired) electrons. The van der Waals surface area contributed by atoms with Gasteiger partial charge < -0.3 is 19.9 Å². The summed E-state index contributed by atoms with van der Waals surface area (Å²) >= 11 is 0. The Morgan fingerprint density at radius 3 is 2.86 bits per heavy atom. The molecule has 0 unspecified atom stereocenters. The first-order valence-electron chi connectivity index (χ1n) is 7.28. The van der Waals surface area contributed by atoms with Crippen molar-refractivity contribution in [3.63, 3.8) is 0 Å². The van der Waals surface area contributed by atoms with E-state index in [1.165, 1.54) is 0 Å². The fraction of sp³-hybridized carbons (Fsp3) is 0.375. The summed E-state index contributed by atoms with van der Waals surface area (Å²) in [5.41, 5.74) is 1.94. The topological polar surface area (TPSA) is 71.7 Å². The van der Waals surface area contributed by atoms with E-state index in [-0.39, 0.29) is 0 Å². The normalized spacial score (nSPS) is 11.3. The second kappa shape index (κ2) is 8.07. The number of hydrogen-bond acceptors (Lipinski definition) is 4. The number of nitrogens with one attached hydrogen (secondary N) is 2. The number of guanidine groups is 1. The summed E-state index contributed by atoms with van der Waals surface area (Å²) in [7, 11) is 1.66. The van der Waals surface area contributed by atoms with Gasteiger partial charge in [0.05, 0.1) is 20.2 Å². The first-order valence-corrected chi connectivity index (χ1v) is 7.28. The van der Waals surface area contributed by atoms with E-state index in [1.807, 2.05) is 44.2 Å². The van der Waals surface area contributed by atoms with Crippen LogP contribution in [0.5, 0.6) is 5.75 Å². The number of aryl methyl sites for hydroxylation is 1. The number of rotatable bonds is 6. The lowest BCUT2D eigenvalue weighted by molar-refractivity contribution is 0.390. The zero-order valence-corrected chi connectivity index (χ0v) is 13.2. The van der Waals surface area contributed by atoms with E-state index < -0.39 is 0 Å². The Morgan fingerprint density at radius 1 is 1.32 bits per heavy atom. The van der Waals surface area contributed by atoms with Crippen LogP contribution in [0.3, 0.4) is 0 Å². The number of benzene rings is 1. The van der Waals surface area contributed by atoms with Crippen molar-refractivity contribution in [2.75, 3.05) is 13.7 Å². The van der Waals surface area contributed by atoms with Crippen LogP contribution in [0.2, 0.25) is 0 Å². The van der Waals surface area contributed by atoms with E-state index in [0.717, 1.165) is 35.3 Å². The van der Waals surface area contributed by atoms with Crippen molar-refractivity contribution >= 4 is 5.96 Å². The van der Waals surface area contributed by atoms with Gasteiger partial charge in [-0.2, -0.15) is 0 Å². The van der Waals surface area contributed by atoms with Gasteiger partial charge in [-0.25, -0.2) is 4.99 Å². The number of nitrogens with zero attached hydrogens (tertiary/aromatic N) is 2. The number of aromatic nitrogens is 1. The monoisotopic (exact) mass is 302 g/mol. The maximum absolute atomic E-state index is 5.22. The lowest BCUT2D eigenvalue weighted by Gasteiger charge is -2.10. The summed E-state index contributed by atoms with van der Waals surface area (Å²) in [6.07, 6.45) is 0. The van der Waals surface area contributed by atoms with Gasteiger partial charge in [-0.3, -0.25) is 0 Å². The number of aliphatic imine (C=N–C) groups is 1. The van der Waals surface area contributed by atoms with Gasteiger partial charge in [-0.05, 0) is 31.5 Å². The van der Waals surface area contributed by atoms with Gasteiger partial charge in [-0.1, -0.05) is 17.3 Å². The number of hydrogen-bond donors (Lipinski definition) is 2. The van der Waals surface area contributed by atoms with Crippen LogP contribution in [0.15, 0.2) is 39.8 Å². The first kappa shape index (κ1) is 15.9. The minimum absolute atomic E-state index is 0.571. The Balaban J connectivity index is 1.96. The Labute approximate surface area is 130 Å². The van der Waals surface area contributed by atoms with E-state index in [0.29, 0.717) is 13.1 Å². The maximum Gasteiger partial charge on any atom is 0.191 e. The molecule has 2 aromatic rings. The highest BCUT2D eigenvalue weighted by molar-refractivity contribution is 5.79. The van der Waals surface area contributed by atoms with Gasteiger partial charge in [0.25, 0.3) is 0 Å². The SMILES string of the molecule is CCNC(=NCc1cccc(OC)c1)NCc1cc(C)on1. The third-order valence-electron chi connectivity index (χ3n) is 3.01. The molecule has 0 aliphatic rings. The standard InChI is InChI=1S/C16H22N4O2/c1-4-17-16(19-11-14-8-12(2)22-20-14)18-10-13-6-5-7-15(9-13)21-3/h5-9H,4,10-11H2,1-3H3,(H2,17,18,19). The molecule has 0 aliphatic carbocycles. The Hall–Kier alpha value is -2.50. The summed E-state index contributed by atoms with van der Waals surface area (Å²) in [4.78, 5) is 4.56. The molecular formula is C16H22N4O2. The van der Waals surface area contributed by atoms with Gasteiger partial charge in [-0.15, -0.1) is 0 Å². The largest absolute Gasteiger partial charge is 0.497 e. The summed E-state index contributed by atoms with van der Waals surface area (Å²) in [5, 5.41) is 10.4. The van der Waals surface area contributed by atoms with Crippen molar-refractivity contribution in [2.45, 2.75) is 26.9 Å². The smallest absolute Gasteiger partial charge is 0.191 e. The molecule has 0 bridgehead atoms. The van der Waals surface area contributed by atoms with E-state index >= 15 is 0 Å². The second-order valence-corrected chi connectivity index (χ2v) is 4.83. The molecule has 0 fully saturated rings. The lowest BCUT2D eigenvalue weighted by atomic mass is 10.2. The van der Waals surface area contributed by atoms with Crippen molar-refractivity contribution in [3.8, 4) is 5.75 Å². The van der Waals surface area contributed by atoms with Gasteiger partial charge in [0, 0.05) is 12.6 Å². The predicted molar refractivity (Wildman–Crippen MR) is 85.9 cm³/mol. The molecule has 118 valence electrons. The van der Waals surface area contributed by atoms with E-state index in [4.69, 9.17) is 9.26 Å². The molecule has 0 spiro atoms. The highest BCUT2D eigenvalue weighted by Gasteiger charge is 2.03. The van der Waals surface area contributed by atoms with Gasteiger partial charge in [0.15, 0.2) is 5.96 Å². The Bertz CT molecular complexity index is 622. The molecule has 6 nitrogen and oxygen atoms in total. The molecule has 2 N–H and O–H groups in total. The molecule has 1 aromatic carbocycles. The van der Waals surface area contributed by atoms with E-state index in [2.05, 4.69) is 20.8 Å². The van der Waals surface area contributed by atoms with Crippen molar-refractivity contribution in [3.05, 3.63) is 47.3 Å². The lowest BCUT2D eigenvalue weighted by Crippen LogP contribution is -2.36. The highest BCUT2D eigenvalue weighted by atomic mass is 16.5. The van der Waals surface area contributed by atoms with Crippen LogP contribution in [0, 0.1) is 6.92 Å². The Morgan fingerprint density at radius 2 is 2.18 bits per heavy atom. The molecule has 6 heteroatoms. The molecule has 1 aromatic heterocycles. The third-order valence-corrected chi connectivity index (χ3v) is 3.01. The van der Waals surface area contributed by atoms with Crippen LogP contribution in [0.4, 0.5) is 0 Å². The van der Waals surface area contributed by atoms with Crippen LogP contribution in [0.25, 0.3) is 0 Å². The van der Waals surface area contributed by atoms with Crippen LogP contribution in [-0.2, 0) is 13.1 Å². The minimum Gasteiger partial charge on any atom is -0.497 e. The van der Waals surface area contributed by atoms with Crippen molar-refractivity contribution in [1.29, 1.82) is 0 Å². The minimum atomic E-state index is 0.571. The van der Waals surface area contributed by atoms with Gasteiger partial charge in [0.1, 0.15) is 17.2 Å². The van der Waals surface area contributed by atoms with Gasteiger partial charge >= 0.3 is 0 Å². The van der Waals surface area contributed by atoms with Crippen LogP contribution < -0.4 is 15.4 Å². The number of methoxy groups -OCH3 is 1. The van der Waals surface area contributed by atoms with Crippen LogP contribution >= 0.6 is 0 Å². The molecular weight excluding hydrogens is 280 g/mol. The van der Waals surface area contributed by atoms with Crippen molar-refractivity contribution < 1.29 is 9.26 Å². The Kier molecular flexibility index (Phi) is 5.82. The maximum atomic E-state index is 5.22. The fourth-order valence-corrected chi connectivity index (χ4v) is 1.96. The van der Waals surface area contributed by atoms with Crippen LogP contribution in [-0.4, -0.2) is 24.8 Å². The average molecular weight is 302 g/mol. The quantitative estimate of drug-likeness (QED) is 0.632. The predicted octanol–water partition coefficient (Wildman–Crippen LogP) is 2.25. The zero-order valence-electron chi connectivity index (χ0n) is 13.2. The van der Waals surface area contributed by atoms with Crippen LogP contribution in [0.1, 0.15) is 23.9 Å². The first-order chi connectivity index (χ1) is 10.7. The summed E-state index contributed by atoms with van der Waals surface area (Å²) in [6.45, 7) is 5.84. The van der Waals surface area contributed by atoms with Crippen molar-refractivity contribution in [1.82, 2.24) is 15.8 Å².